The van der Waals surface area contributed by atoms with Crippen molar-refractivity contribution in [2.75, 3.05) is 4.90 Å². The van der Waals surface area contributed by atoms with Gasteiger partial charge in [-0.15, -0.1) is 21.5 Å². The molecular weight excluding hydrogens is 544 g/mol. The number of thiazole rings is 1. The van der Waals surface area contributed by atoms with Crippen LogP contribution in [0.2, 0.25) is 0 Å². The van der Waals surface area contributed by atoms with Gasteiger partial charge in [0.2, 0.25) is 10.9 Å². The van der Waals surface area contributed by atoms with Crippen LogP contribution in [-0.2, 0) is 10.5 Å². The van der Waals surface area contributed by atoms with Gasteiger partial charge in [-0.05, 0) is 37.1 Å². The van der Waals surface area contributed by atoms with E-state index in [1.165, 1.54) is 51.5 Å². The number of aromatic nitrogens is 3. The van der Waals surface area contributed by atoms with Crippen LogP contribution >= 0.6 is 34.4 Å². The number of Topliss-reactive ketones (excluding diaryl/α,β-unsaturated/α-hetero) is 1. The van der Waals surface area contributed by atoms with Crippen molar-refractivity contribution >= 4 is 57.3 Å². The molecule has 0 radical (unpaired) electrons. The molecule has 1 N–H and O–H groups in total. The summed E-state index contributed by atoms with van der Waals surface area (Å²) in [5.74, 6) is -1.54. The summed E-state index contributed by atoms with van der Waals surface area (Å²) in [5.41, 5.74) is 2.31. The molecule has 7 nitrogen and oxygen atoms in total. The van der Waals surface area contributed by atoms with E-state index < -0.39 is 23.5 Å². The second kappa shape index (κ2) is 11.0. The number of amides is 1. The molecule has 3 heterocycles. The van der Waals surface area contributed by atoms with Gasteiger partial charge in [0.25, 0.3) is 5.91 Å². The van der Waals surface area contributed by atoms with Gasteiger partial charge in [-0.3, -0.25) is 14.5 Å². The summed E-state index contributed by atoms with van der Waals surface area (Å²) in [4.78, 5) is 32.9. The number of rotatable bonds is 8. The lowest BCUT2D eigenvalue weighted by Crippen LogP contribution is -2.35. The van der Waals surface area contributed by atoms with Crippen LogP contribution in [0.4, 0.5) is 9.52 Å². The largest absolute Gasteiger partial charge is 0.503 e. The number of aliphatic hydroxyl groups excluding tert-OH is 1. The van der Waals surface area contributed by atoms with Crippen molar-refractivity contribution in [2.45, 2.75) is 30.0 Å². The summed E-state index contributed by atoms with van der Waals surface area (Å²) in [6.45, 7) is 3.53. The Morgan fingerprint density at radius 1 is 1.11 bits per heavy atom. The monoisotopic (exact) mass is 564 g/mol. The number of carbonyl (C=O) groups excluding carboxylic acids is 2. The zero-order valence-corrected chi connectivity index (χ0v) is 22.7. The fourth-order valence-corrected chi connectivity index (χ4v) is 6.67. The van der Waals surface area contributed by atoms with Gasteiger partial charge >= 0.3 is 0 Å². The topological polar surface area (TPSA) is 96.3 Å². The zero-order valence-electron chi connectivity index (χ0n) is 20.3. The number of halogens is 1. The minimum Gasteiger partial charge on any atom is -0.503 e. The van der Waals surface area contributed by atoms with E-state index >= 15 is 0 Å². The van der Waals surface area contributed by atoms with E-state index in [0.29, 0.717) is 20.7 Å². The first-order chi connectivity index (χ1) is 18.3. The number of carbonyl (C=O) groups is 2. The molecule has 4 aromatic rings. The van der Waals surface area contributed by atoms with E-state index in [4.69, 9.17) is 0 Å². The number of ketones is 1. The van der Waals surface area contributed by atoms with Crippen LogP contribution in [0.3, 0.4) is 0 Å². The zero-order chi connectivity index (χ0) is 26.8. The summed E-state index contributed by atoms with van der Waals surface area (Å²) < 4.78 is 13.8. The molecule has 1 unspecified atom stereocenters. The molecule has 1 atom stereocenters. The van der Waals surface area contributed by atoms with E-state index in [2.05, 4.69) is 15.2 Å². The first kappa shape index (κ1) is 26.0. The Morgan fingerprint density at radius 3 is 2.53 bits per heavy atom. The molecule has 0 fully saturated rings. The normalized spacial score (nSPS) is 15.7. The van der Waals surface area contributed by atoms with Gasteiger partial charge in [0.05, 0.1) is 27.2 Å². The number of benzene rings is 2. The van der Waals surface area contributed by atoms with Crippen molar-refractivity contribution in [3.8, 4) is 0 Å². The number of hydrogen-bond donors (Lipinski definition) is 1. The average molecular weight is 565 g/mol. The summed E-state index contributed by atoms with van der Waals surface area (Å²) in [5, 5.41) is 20.3. The highest BCUT2D eigenvalue weighted by Gasteiger charge is 2.44. The number of anilines is 1. The van der Waals surface area contributed by atoms with Crippen LogP contribution in [0.1, 0.15) is 31.5 Å². The van der Waals surface area contributed by atoms with Crippen molar-refractivity contribution in [1.82, 2.24) is 15.2 Å². The molecule has 192 valence electrons. The maximum Gasteiger partial charge on any atom is 0.296 e. The number of aryl methyl sites for hydroxylation is 2. The molecule has 38 heavy (non-hydrogen) atoms. The van der Waals surface area contributed by atoms with Gasteiger partial charge in [-0.1, -0.05) is 77.7 Å². The molecule has 1 amide bonds. The number of aliphatic hydroxyl groups is 1. The molecule has 0 bridgehead atoms. The van der Waals surface area contributed by atoms with Crippen LogP contribution in [0.25, 0.3) is 6.08 Å². The quantitative estimate of drug-likeness (QED) is 0.155. The summed E-state index contributed by atoms with van der Waals surface area (Å²) in [6.07, 6.45) is 3.51. The molecule has 1 aliphatic rings. The van der Waals surface area contributed by atoms with Crippen LogP contribution < -0.4 is 4.90 Å². The van der Waals surface area contributed by atoms with Crippen molar-refractivity contribution in [3.05, 3.63) is 105 Å². The van der Waals surface area contributed by atoms with E-state index in [1.54, 1.807) is 38.1 Å². The molecular formula is C27H21FN4O3S3. The first-order valence-corrected chi connectivity index (χ1v) is 14.1. The van der Waals surface area contributed by atoms with Gasteiger partial charge in [0, 0.05) is 5.75 Å². The van der Waals surface area contributed by atoms with Crippen molar-refractivity contribution in [1.29, 1.82) is 0 Å². The smallest absolute Gasteiger partial charge is 0.296 e. The van der Waals surface area contributed by atoms with Gasteiger partial charge in [0.1, 0.15) is 5.82 Å². The third kappa shape index (κ3) is 5.31. The highest BCUT2D eigenvalue weighted by molar-refractivity contribution is 8.00. The minimum atomic E-state index is -0.889. The summed E-state index contributed by atoms with van der Waals surface area (Å²) in [6, 6.07) is 14.8. The Labute approximate surface area is 230 Å². The Kier molecular flexibility index (Phi) is 7.50. The molecule has 0 saturated heterocycles. The second-order valence-corrected chi connectivity index (χ2v) is 11.8. The SMILES string of the molecule is Cc1nc(C)c(C(=O)C2=C(O)C(=O)N(c3nnc(SCc4ccc(F)cc4)s3)C2C=Cc2ccccc2)s1. The third-order valence-corrected chi connectivity index (χ3v) is 8.95. The maximum absolute atomic E-state index is 13.6. The Morgan fingerprint density at radius 2 is 1.84 bits per heavy atom. The summed E-state index contributed by atoms with van der Waals surface area (Å²) in [7, 11) is 0. The van der Waals surface area contributed by atoms with Crippen molar-refractivity contribution < 1.29 is 19.1 Å². The average Bonchev–Trinajstić information content (AvgIpc) is 3.58. The first-order valence-electron chi connectivity index (χ1n) is 11.5. The van der Waals surface area contributed by atoms with Gasteiger partial charge in [-0.25, -0.2) is 9.37 Å². The molecule has 2 aromatic heterocycles. The third-order valence-electron chi connectivity index (χ3n) is 5.75. The predicted molar refractivity (Wildman–Crippen MR) is 148 cm³/mol. The molecule has 0 saturated carbocycles. The van der Waals surface area contributed by atoms with E-state index in [0.717, 1.165) is 16.1 Å². The second-order valence-electron chi connectivity index (χ2n) is 8.39. The fraction of sp³-hybridized carbons (Fsp3) is 0.148. The molecule has 1 aliphatic heterocycles. The van der Waals surface area contributed by atoms with Gasteiger partial charge < -0.3 is 5.11 Å². The highest BCUT2D eigenvalue weighted by atomic mass is 32.2. The number of nitrogens with zero attached hydrogens (tertiary/aromatic N) is 4. The van der Waals surface area contributed by atoms with Crippen LogP contribution in [0, 0.1) is 19.7 Å². The lowest BCUT2D eigenvalue weighted by atomic mass is 10.0. The minimum absolute atomic E-state index is 0.0235. The standard InChI is InChI=1S/C27H21FN4O3S3/c1-15-24(37-16(2)29-15)22(33)21-20(13-10-17-6-4-3-5-7-17)32(25(35)23(21)34)26-30-31-27(38-26)36-14-18-8-11-19(28)12-9-18/h3-13,20,34H,14H2,1-2H3. The fourth-order valence-electron chi connectivity index (χ4n) is 3.97. The highest BCUT2D eigenvalue weighted by Crippen LogP contribution is 2.38. The summed E-state index contributed by atoms with van der Waals surface area (Å²) >= 11 is 3.80. The van der Waals surface area contributed by atoms with E-state index in [1.807, 2.05) is 30.3 Å². The van der Waals surface area contributed by atoms with Gasteiger partial charge in [-0.2, -0.15) is 0 Å². The van der Waals surface area contributed by atoms with Crippen LogP contribution in [-0.4, -0.2) is 38.0 Å². The van der Waals surface area contributed by atoms with E-state index in [9.17, 15) is 19.1 Å². The van der Waals surface area contributed by atoms with Gasteiger partial charge in [0.15, 0.2) is 10.1 Å². The Hall–Kier alpha value is -3.67. The van der Waals surface area contributed by atoms with Crippen LogP contribution in [0.5, 0.6) is 0 Å². The molecule has 5 rings (SSSR count). The molecule has 2 aromatic carbocycles. The maximum atomic E-state index is 13.6. The van der Waals surface area contributed by atoms with E-state index in [-0.39, 0.29) is 16.5 Å². The lowest BCUT2D eigenvalue weighted by molar-refractivity contribution is -0.116. The lowest BCUT2D eigenvalue weighted by Gasteiger charge is -2.20. The van der Waals surface area contributed by atoms with Crippen molar-refractivity contribution in [3.63, 3.8) is 0 Å². The number of hydrogen-bond acceptors (Lipinski definition) is 9. The molecule has 0 aliphatic carbocycles. The van der Waals surface area contributed by atoms with Crippen molar-refractivity contribution in [2.24, 2.45) is 0 Å². The predicted octanol–water partition coefficient (Wildman–Crippen LogP) is 6.17. The number of thioether (sulfide) groups is 1. The molecule has 11 heteroatoms. The Balaban J connectivity index is 1.47. The Bertz CT molecular complexity index is 1560. The van der Waals surface area contributed by atoms with Crippen LogP contribution in [0.15, 0.2) is 76.3 Å². The molecule has 0 spiro atoms.